The molecule has 0 aliphatic rings. The van der Waals surface area contributed by atoms with Gasteiger partial charge in [-0.25, -0.2) is 0 Å². The number of ether oxygens (including phenoxy) is 2. The van der Waals surface area contributed by atoms with Crippen LogP contribution in [0.3, 0.4) is 0 Å². The van der Waals surface area contributed by atoms with E-state index in [9.17, 15) is 10.2 Å². The van der Waals surface area contributed by atoms with Crippen LogP contribution < -0.4 is 14.8 Å². The Bertz CT molecular complexity index is 671. The normalized spacial score (nSPS) is 13.3. The van der Waals surface area contributed by atoms with Crippen molar-refractivity contribution >= 4 is 0 Å². The maximum absolute atomic E-state index is 10.0. The minimum atomic E-state index is -0.654. The molecule has 0 amide bonds. The predicted octanol–water partition coefficient (Wildman–Crippen LogP) is 2.69. The fraction of sp³-hybridized carbons (Fsp3) is 0.455. The van der Waals surface area contributed by atoms with Crippen molar-refractivity contribution in [1.82, 2.24) is 5.32 Å². The summed E-state index contributed by atoms with van der Waals surface area (Å²) >= 11 is 0. The summed E-state index contributed by atoms with van der Waals surface area (Å²) in [5, 5.41) is 23.1. The molecular formula is C22H31NO4. The zero-order valence-corrected chi connectivity index (χ0v) is 16.7. The standard InChI is InChI=1S/C22H31NO4/c1-15-5-7-21(17(3)9-15)26-13-19(24)11-23-12-20(25)14-27-22-8-6-16(2)10-18(22)4/h5-10,19-20,23-25H,11-14H2,1-4H3/t19-,20+. The van der Waals surface area contributed by atoms with Crippen LogP contribution in [0.25, 0.3) is 0 Å². The van der Waals surface area contributed by atoms with Crippen LogP contribution in [0, 0.1) is 27.7 Å². The Hall–Kier alpha value is -2.08. The molecule has 0 bridgehead atoms. The summed E-state index contributed by atoms with van der Waals surface area (Å²) < 4.78 is 11.3. The van der Waals surface area contributed by atoms with Crippen molar-refractivity contribution in [3.8, 4) is 11.5 Å². The van der Waals surface area contributed by atoms with Gasteiger partial charge < -0.3 is 25.0 Å². The Morgan fingerprint density at radius 1 is 0.741 bits per heavy atom. The van der Waals surface area contributed by atoms with E-state index in [-0.39, 0.29) is 13.2 Å². The Morgan fingerprint density at radius 2 is 1.15 bits per heavy atom. The first-order valence-corrected chi connectivity index (χ1v) is 9.32. The van der Waals surface area contributed by atoms with Crippen LogP contribution in [0.15, 0.2) is 36.4 Å². The molecular weight excluding hydrogens is 342 g/mol. The molecule has 0 aliphatic heterocycles. The minimum Gasteiger partial charge on any atom is -0.491 e. The molecule has 0 saturated carbocycles. The van der Waals surface area contributed by atoms with Gasteiger partial charge in [-0.1, -0.05) is 35.4 Å². The van der Waals surface area contributed by atoms with Crippen LogP contribution in [0.4, 0.5) is 0 Å². The van der Waals surface area contributed by atoms with Gasteiger partial charge in [-0.15, -0.1) is 0 Å². The average molecular weight is 373 g/mol. The predicted molar refractivity (Wildman–Crippen MR) is 108 cm³/mol. The van der Waals surface area contributed by atoms with Crippen molar-refractivity contribution in [3.63, 3.8) is 0 Å². The highest BCUT2D eigenvalue weighted by atomic mass is 16.5. The van der Waals surface area contributed by atoms with Gasteiger partial charge in [0, 0.05) is 13.1 Å². The maximum atomic E-state index is 10.0. The fourth-order valence-electron chi connectivity index (χ4n) is 2.83. The van der Waals surface area contributed by atoms with Crippen molar-refractivity contribution < 1.29 is 19.7 Å². The number of aliphatic hydroxyl groups excluding tert-OH is 2. The average Bonchev–Trinajstić information content (AvgIpc) is 2.60. The minimum absolute atomic E-state index is 0.200. The van der Waals surface area contributed by atoms with Gasteiger partial charge >= 0.3 is 0 Å². The number of hydrogen-bond acceptors (Lipinski definition) is 5. The van der Waals surface area contributed by atoms with E-state index in [0.717, 1.165) is 22.6 Å². The third-order valence-electron chi connectivity index (χ3n) is 4.28. The fourth-order valence-corrected chi connectivity index (χ4v) is 2.83. The lowest BCUT2D eigenvalue weighted by atomic mass is 10.1. The maximum Gasteiger partial charge on any atom is 0.122 e. The lowest BCUT2D eigenvalue weighted by molar-refractivity contribution is 0.0855. The van der Waals surface area contributed by atoms with Gasteiger partial charge in [0.1, 0.15) is 36.9 Å². The quantitative estimate of drug-likeness (QED) is 0.597. The van der Waals surface area contributed by atoms with E-state index in [1.807, 2.05) is 64.1 Å². The van der Waals surface area contributed by atoms with Gasteiger partial charge in [0.2, 0.25) is 0 Å². The SMILES string of the molecule is Cc1ccc(OC[C@H](O)CNC[C@H](O)COc2ccc(C)cc2C)c(C)c1. The summed E-state index contributed by atoms with van der Waals surface area (Å²) in [7, 11) is 0. The van der Waals surface area contributed by atoms with Crippen molar-refractivity contribution in [2.24, 2.45) is 0 Å². The second-order valence-corrected chi connectivity index (χ2v) is 7.13. The first-order valence-electron chi connectivity index (χ1n) is 9.32. The number of nitrogens with one attached hydrogen (secondary N) is 1. The molecule has 2 aromatic rings. The molecule has 0 radical (unpaired) electrons. The molecule has 2 aromatic carbocycles. The highest BCUT2D eigenvalue weighted by molar-refractivity contribution is 5.36. The number of rotatable bonds is 10. The number of aliphatic hydroxyl groups is 2. The first-order chi connectivity index (χ1) is 12.8. The van der Waals surface area contributed by atoms with Gasteiger partial charge in [-0.3, -0.25) is 0 Å². The van der Waals surface area contributed by atoms with E-state index < -0.39 is 12.2 Å². The highest BCUT2D eigenvalue weighted by Gasteiger charge is 2.10. The summed E-state index contributed by atoms with van der Waals surface area (Å²) in [6.45, 7) is 9.11. The molecule has 148 valence electrons. The van der Waals surface area contributed by atoms with Gasteiger partial charge in [-0.2, -0.15) is 0 Å². The summed E-state index contributed by atoms with van der Waals surface area (Å²) in [6.07, 6.45) is -1.31. The van der Waals surface area contributed by atoms with Crippen LogP contribution >= 0.6 is 0 Å². The molecule has 0 heterocycles. The molecule has 0 unspecified atom stereocenters. The molecule has 2 rings (SSSR count). The second-order valence-electron chi connectivity index (χ2n) is 7.13. The molecule has 2 atom stereocenters. The van der Waals surface area contributed by atoms with Crippen molar-refractivity contribution in [1.29, 1.82) is 0 Å². The van der Waals surface area contributed by atoms with E-state index in [1.54, 1.807) is 0 Å². The van der Waals surface area contributed by atoms with Crippen LogP contribution in [0.5, 0.6) is 11.5 Å². The largest absolute Gasteiger partial charge is 0.491 e. The molecule has 3 N–H and O–H groups in total. The second kappa shape index (κ2) is 10.3. The number of aryl methyl sites for hydroxylation is 4. The van der Waals surface area contributed by atoms with Crippen LogP contribution in [-0.4, -0.2) is 48.7 Å². The molecule has 0 aliphatic carbocycles. The Kier molecular flexibility index (Phi) is 8.10. The van der Waals surface area contributed by atoms with Gasteiger partial charge in [-0.05, 0) is 51.0 Å². The van der Waals surface area contributed by atoms with Crippen molar-refractivity contribution in [2.45, 2.75) is 39.9 Å². The first kappa shape index (κ1) is 21.2. The topological polar surface area (TPSA) is 71.0 Å². The van der Waals surface area contributed by atoms with Crippen LogP contribution in [0.1, 0.15) is 22.3 Å². The smallest absolute Gasteiger partial charge is 0.122 e. The van der Waals surface area contributed by atoms with Gasteiger partial charge in [0.25, 0.3) is 0 Å². The molecule has 5 nitrogen and oxygen atoms in total. The molecule has 0 spiro atoms. The number of hydrogen-bond donors (Lipinski definition) is 3. The summed E-state index contributed by atoms with van der Waals surface area (Å²) in [5.41, 5.74) is 4.46. The Balaban J connectivity index is 1.64. The Morgan fingerprint density at radius 3 is 1.52 bits per heavy atom. The molecule has 5 heteroatoms. The summed E-state index contributed by atoms with van der Waals surface area (Å²) in [4.78, 5) is 0. The van der Waals surface area contributed by atoms with Crippen LogP contribution in [-0.2, 0) is 0 Å². The van der Waals surface area contributed by atoms with Gasteiger partial charge in [0.15, 0.2) is 0 Å². The van der Waals surface area contributed by atoms with Crippen molar-refractivity contribution in [2.75, 3.05) is 26.3 Å². The van der Waals surface area contributed by atoms with Gasteiger partial charge in [0.05, 0.1) is 0 Å². The molecule has 0 saturated heterocycles. The zero-order valence-electron chi connectivity index (χ0n) is 16.7. The molecule has 0 fully saturated rings. The number of benzene rings is 2. The summed E-state index contributed by atoms with van der Waals surface area (Å²) in [6, 6.07) is 11.9. The lowest BCUT2D eigenvalue weighted by Crippen LogP contribution is -2.37. The third kappa shape index (κ3) is 7.21. The summed E-state index contributed by atoms with van der Waals surface area (Å²) in [5.74, 6) is 1.56. The highest BCUT2D eigenvalue weighted by Crippen LogP contribution is 2.19. The Labute approximate surface area is 162 Å². The van der Waals surface area contributed by atoms with E-state index in [1.165, 1.54) is 11.1 Å². The third-order valence-corrected chi connectivity index (χ3v) is 4.28. The lowest BCUT2D eigenvalue weighted by Gasteiger charge is -2.17. The van der Waals surface area contributed by atoms with E-state index >= 15 is 0 Å². The monoisotopic (exact) mass is 373 g/mol. The molecule has 0 aromatic heterocycles. The van der Waals surface area contributed by atoms with Crippen LogP contribution in [0.2, 0.25) is 0 Å². The zero-order chi connectivity index (χ0) is 19.8. The van der Waals surface area contributed by atoms with E-state index in [0.29, 0.717) is 13.1 Å². The van der Waals surface area contributed by atoms with E-state index in [4.69, 9.17) is 9.47 Å². The van der Waals surface area contributed by atoms with E-state index in [2.05, 4.69) is 5.32 Å². The molecule has 27 heavy (non-hydrogen) atoms. The van der Waals surface area contributed by atoms with Crippen molar-refractivity contribution in [3.05, 3.63) is 58.7 Å².